The van der Waals surface area contributed by atoms with Crippen LogP contribution in [0.2, 0.25) is 0 Å². The van der Waals surface area contributed by atoms with Crippen LogP contribution in [-0.2, 0) is 10.9 Å². The van der Waals surface area contributed by atoms with E-state index in [9.17, 15) is 18.0 Å². The van der Waals surface area contributed by atoms with Gasteiger partial charge in [0.25, 0.3) is 0 Å². The van der Waals surface area contributed by atoms with Crippen LogP contribution in [0.15, 0.2) is 47.0 Å². The third-order valence-corrected chi connectivity index (χ3v) is 3.43. The van der Waals surface area contributed by atoms with E-state index in [1.54, 1.807) is 19.1 Å². The van der Waals surface area contributed by atoms with Crippen LogP contribution in [0, 0.1) is 0 Å². The van der Waals surface area contributed by atoms with E-state index in [1.807, 2.05) is 0 Å². The van der Waals surface area contributed by atoms with Gasteiger partial charge in [0.15, 0.2) is 0 Å². The zero-order chi connectivity index (χ0) is 17.3. The number of hydrogen-bond donors (Lipinski definition) is 0. The van der Waals surface area contributed by atoms with Crippen molar-refractivity contribution in [3.63, 3.8) is 0 Å². The van der Waals surface area contributed by atoms with Gasteiger partial charge in [-0.1, -0.05) is 12.1 Å². The molecule has 0 saturated carbocycles. The van der Waals surface area contributed by atoms with Crippen molar-refractivity contribution in [1.82, 2.24) is 4.98 Å². The number of carbonyl (C=O) groups is 1. The van der Waals surface area contributed by atoms with Gasteiger partial charge in [-0.05, 0) is 36.8 Å². The number of benzene rings is 1. The number of furan rings is 1. The van der Waals surface area contributed by atoms with E-state index in [0.717, 1.165) is 12.1 Å². The largest absolute Gasteiger partial charge is 0.460 e. The van der Waals surface area contributed by atoms with Gasteiger partial charge in [0, 0.05) is 17.1 Å². The number of hydrogen-bond acceptors (Lipinski definition) is 4. The molecule has 0 fully saturated rings. The number of fused-ring (bicyclic) bond motifs is 1. The molecule has 0 aliphatic heterocycles. The molecule has 0 unspecified atom stereocenters. The Morgan fingerprint density at radius 3 is 2.54 bits per heavy atom. The first-order chi connectivity index (χ1) is 11.4. The molecule has 7 heteroatoms. The van der Waals surface area contributed by atoms with Crippen LogP contribution in [0.3, 0.4) is 0 Å². The minimum Gasteiger partial charge on any atom is -0.460 e. The minimum atomic E-state index is -4.43. The maximum absolute atomic E-state index is 12.7. The Labute approximate surface area is 134 Å². The molecule has 0 spiro atoms. The molecule has 0 radical (unpaired) electrons. The number of aromatic nitrogens is 1. The highest BCUT2D eigenvalue weighted by molar-refractivity contribution is 6.05. The van der Waals surface area contributed by atoms with Crippen molar-refractivity contribution in [2.45, 2.75) is 13.1 Å². The second kappa shape index (κ2) is 5.99. The zero-order valence-corrected chi connectivity index (χ0v) is 12.6. The molecule has 0 N–H and O–H groups in total. The van der Waals surface area contributed by atoms with Crippen LogP contribution in [0.5, 0.6) is 0 Å². The number of pyridine rings is 1. The quantitative estimate of drug-likeness (QED) is 0.652. The first-order valence-electron chi connectivity index (χ1n) is 7.14. The number of nitrogens with zero attached hydrogens (tertiary/aromatic N) is 1. The van der Waals surface area contributed by atoms with Gasteiger partial charge in [-0.15, -0.1) is 0 Å². The van der Waals surface area contributed by atoms with Crippen LogP contribution in [0.1, 0.15) is 23.0 Å². The third kappa shape index (κ3) is 2.84. The smallest absolute Gasteiger partial charge is 0.416 e. The Morgan fingerprint density at radius 1 is 1.21 bits per heavy atom. The molecule has 0 atom stereocenters. The van der Waals surface area contributed by atoms with Crippen LogP contribution in [0.4, 0.5) is 13.2 Å². The molecular weight excluding hydrogens is 323 g/mol. The third-order valence-electron chi connectivity index (χ3n) is 3.43. The van der Waals surface area contributed by atoms with E-state index in [0.29, 0.717) is 16.5 Å². The van der Waals surface area contributed by atoms with Crippen molar-refractivity contribution >= 4 is 17.1 Å². The Hall–Kier alpha value is -2.83. The molecule has 124 valence electrons. The molecule has 0 aliphatic rings. The average molecular weight is 335 g/mol. The molecule has 24 heavy (non-hydrogen) atoms. The normalized spacial score (nSPS) is 11.7. The lowest BCUT2D eigenvalue weighted by Gasteiger charge is -2.08. The van der Waals surface area contributed by atoms with Crippen LogP contribution >= 0.6 is 0 Å². The molecule has 0 saturated heterocycles. The summed E-state index contributed by atoms with van der Waals surface area (Å²) in [5.41, 5.74) is 0.230. The number of rotatable bonds is 3. The van der Waals surface area contributed by atoms with Gasteiger partial charge in [0.2, 0.25) is 11.5 Å². The predicted molar refractivity (Wildman–Crippen MR) is 80.4 cm³/mol. The van der Waals surface area contributed by atoms with Crippen LogP contribution in [-0.4, -0.2) is 17.6 Å². The summed E-state index contributed by atoms with van der Waals surface area (Å²) in [5, 5.41) is 0.528. The maximum atomic E-state index is 12.7. The van der Waals surface area contributed by atoms with E-state index >= 15 is 0 Å². The number of esters is 1. The highest BCUT2D eigenvalue weighted by Gasteiger charge is 2.30. The van der Waals surface area contributed by atoms with Crippen molar-refractivity contribution in [2.24, 2.45) is 0 Å². The van der Waals surface area contributed by atoms with E-state index in [1.165, 1.54) is 18.3 Å². The van der Waals surface area contributed by atoms with Crippen LogP contribution < -0.4 is 0 Å². The van der Waals surface area contributed by atoms with Crippen molar-refractivity contribution in [2.75, 3.05) is 6.61 Å². The van der Waals surface area contributed by atoms with Crippen molar-refractivity contribution < 1.29 is 27.1 Å². The van der Waals surface area contributed by atoms with Crippen molar-refractivity contribution in [1.29, 1.82) is 0 Å². The first kappa shape index (κ1) is 16.0. The van der Waals surface area contributed by atoms with E-state index in [2.05, 4.69) is 4.98 Å². The SMILES string of the molecule is CCOC(=O)c1oc2ncccc2c1-c1ccc(C(F)(F)F)cc1. The minimum absolute atomic E-state index is 0.0784. The van der Waals surface area contributed by atoms with E-state index in [4.69, 9.17) is 9.15 Å². The second-order valence-corrected chi connectivity index (χ2v) is 4.96. The fourth-order valence-electron chi connectivity index (χ4n) is 2.39. The molecular formula is C17H12F3NO3. The predicted octanol–water partition coefficient (Wildman–Crippen LogP) is 4.69. The lowest BCUT2D eigenvalue weighted by molar-refractivity contribution is -0.137. The fraction of sp³-hybridized carbons (Fsp3) is 0.176. The molecule has 0 aliphatic carbocycles. The van der Waals surface area contributed by atoms with Crippen molar-refractivity contribution in [3.8, 4) is 11.1 Å². The summed E-state index contributed by atoms with van der Waals surface area (Å²) in [4.78, 5) is 16.1. The number of carbonyl (C=O) groups excluding carboxylic acids is 1. The summed E-state index contributed by atoms with van der Waals surface area (Å²) in [5.74, 6) is -0.768. The maximum Gasteiger partial charge on any atom is 0.416 e. The zero-order valence-electron chi connectivity index (χ0n) is 12.6. The fourth-order valence-corrected chi connectivity index (χ4v) is 2.39. The molecule has 3 rings (SSSR count). The number of alkyl halides is 3. The van der Waals surface area contributed by atoms with Gasteiger partial charge in [0.1, 0.15) is 0 Å². The summed E-state index contributed by atoms with van der Waals surface area (Å²) >= 11 is 0. The summed E-state index contributed by atoms with van der Waals surface area (Å²) in [6.45, 7) is 1.80. The Balaban J connectivity index is 2.17. The van der Waals surface area contributed by atoms with Gasteiger partial charge in [0.05, 0.1) is 12.2 Å². The lowest BCUT2D eigenvalue weighted by atomic mass is 10.0. The molecule has 0 bridgehead atoms. The van der Waals surface area contributed by atoms with Crippen molar-refractivity contribution in [3.05, 3.63) is 53.9 Å². The molecule has 2 aromatic heterocycles. The Kier molecular flexibility index (Phi) is 4.01. The highest BCUT2D eigenvalue weighted by atomic mass is 19.4. The van der Waals surface area contributed by atoms with Gasteiger partial charge in [-0.25, -0.2) is 9.78 Å². The highest BCUT2D eigenvalue weighted by Crippen LogP contribution is 2.36. The van der Waals surface area contributed by atoms with E-state index < -0.39 is 17.7 Å². The average Bonchev–Trinajstić information content (AvgIpc) is 2.94. The van der Waals surface area contributed by atoms with Gasteiger partial charge < -0.3 is 9.15 Å². The topological polar surface area (TPSA) is 52.3 Å². The van der Waals surface area contributed by atoms with Gasteiger partial charge >= 0.3 is 12.1 Å². The lowest BCUT2D eigenvalue weighted by Crippen LogP contribution is -2.05. The van der Waals surface area contributed by atoms with E-state index in [-0.39, 0.29) is 18.1 Å². The first-order valence-corrected chi connectivity index (χ1v) is 7.14. The Bertz CT molecular complexity index is 882. The van der Waals surface area contributed by atoms with Crippen LogP contribution in [0.25, 0.3) is 22.2 Å². The number of ether oxygens (including phenoxy) is 1. The molecule has 2 heterocycles. The van der Waals surface area contributed by atoms with Gasteiger partial charge in [-0.3, -0.25) is 0 Å². The number of halogens is 3. The second-order valence-electron chi connectivity index (χ2n) is 4.96. The summed E-state index contributed by atoms with van der Waals surface area (Å²) in [6.07, 6.45) is -2.93. The standard InChI is InChI=1S/C17H12F3NO3/c1-2-23-16(22)14-13(12-4-3-9-21-15(12)24-14)10-5-7-11(8-6-10)17(18,19)20/h3-9H,2H2,1H3. The molecule has 4 nitrogen and oxygen atoms in total. The monoisotopic (exact) mass is 335 g/mol. The molecule has 1 aromatic carbocycles. The van der Waals surface area contributed by atoms with Gasteiger partial charge in [-0.2, -0.15) is 13.2 Å². The summed E-state index contributed by atoms with van der Waals surface area (Å²) in [7, 11) is 0. The summed E-state index contributed by atoms with van der Waals surface area (Å²) in [6, 6.07) is 7.84. The molecule has 0 amide bonds. The molecule has 3 aromatic rings. The summed E-state index contributed by atoms with van der Waals surface area (Å²) < 4.78 is 48.6. The Morgan fingerprint density at radius 2 is 1.92 bits per heavy atom.